The van der Waals surface area contributed by atoms with Crippen LogP contribution in [0.2, 0.25) is 0 Å². The molecule has 3 heterocycles. The molecule has 2 nitrogen and oxygen atoms in total. The van der Waals surface area contributed by atoms with Gasteiger partial charge in [-0.05, 0) is 52.4 Å². The second-order valence-corrected chi connectivity index (χ2v) is 13.6. The number of benzene rings is 6. The molecule has 6 aromatic carbocycles. The molecule has 0 spiro atoms. The van der Waals surface area contributed by atoms with E-state index in [4.69, 9.17) is 9.97 Å². The zero-order valence-electron chi connectivity index (χ0n) is 24.7. The van der Waals surface area contributed by atoms with Crippen molar-refractivity contribution in [2.24, 2.45) is 0 Å². The first kappa shape index (κ1) is 26.9. The highest BCUT2D eigenvalue weighted by Crippen LogP contribution is 2.39. The highest BCUT2D eigenvalue weighted by molar-refractivity contribution is 7.25. The molecule has 0 aliphatic rings. The van der Waals surface area contributed by atoms with E-state index in [1.807, 2.05) is 22.7 Å². The molecule has 0 saturated carbocycles. The summed E-state index contributed by atoms with van der Waals surface area (Å²) in [6, 6.07) is 56.1. The maximum atomic E-state index is 5.23. The molecular formula is C42H26N2S2. The van der Waals surface area contributed by atoms with Crippen LogP contribution < -0.4 is 0 Å². The molecule has 0 N–H and O–H groups in total. The maximum absolute atomic E-state index is 5.23. The first-order chi connectivity index (χ1) is 22.8. The van der Waals surface area contributed by atoms with Crippen LogP contribution in [-0.4, -0.2) is 9.97 Å². The first-order valence-corrected chi connectivity index (χ1v) is 17.0. The van der Waals surface area contributed by atoms with E-state index in [1.54, 1.807) is 0 Å². The monoisotopic (exact) mass is 622 g/mol. The normalized spacial score (nSPS) is 11.5. The molecule has 0 aliphatic heterocycles. The molecule has 216 valence electrons. The fourth-order valence-corrected chi connectivity index (χ4v) is 8.45. The third-order valence-electron chi connectivity index (χ3n) is 8.54. The van der Waals surface area contributed by atoms with Gasteiger partial charge in [0.2, 0.25) is 0 Å². The van der Waals surface area contributed by atoms with E-state index in [0.717, 1.165) is 39.5 Å². The lowest BCUT2D eigenvalue weighted by Crippen LogP contribution is -1.97. The van der Waals surface area contributed by atoms with Gasteiger partial charge in [0.05, 0.1) is 11.4 Å². The number of rotatable bonds is 5. The second-order valence-electron chi connectivity index (χ2n) is 11.4. The standard InChI is InChI=1S/C42H26N2S2/c1-2-10-27(11-3-1)32-13-5-6-14-33(32)37-26-36(28-18-20-29(21-19-28)40-24-30-12-4-8-16-38(30)45-40)43-42(44-37)31-22-23-35-34-15-7-9-17-39(34)46-41(35)25-31/h1-26H. The molecule has 0 aliphatic carbocycles. The largest absolute Gasteiger partial charge is 0.228 e. The highest BCUT2D eigenvalue weighted by atomic mass is 32.1. The Morgan fingerprint density at radius 1 is 0.370 bits per heavy atom. The Bertz CT molecular complexity index is 2490. The zero-order chi connectivity index (χ0) is 30.5. The van der Waals surface area contributed by atoms with Gasteiger partial charge in [0.15, 0.2) is 5.82 Å². The van der Waals surface area contributed by atoms with Crippen molar-refractivity contribution >= 4 is 52.9 Å². The van der Waals surface area contributed by atoms with Crippen LogP contribution in [-0.2, 0) is 0 Å². The molecule has 0 fully saturated rings. The van der Waals surface area contributed by atoms with Crippen LogP contribution in [0.15, 0.2) is 158 Å². The van der Waals surface area contributed by atoms with Gasteiger partial charge >= 0.3 is 0 Å². The third kappa shape index (κ3) is 4.80. The van der Waals surface area contributed by atoms with Crippen molar-refractivity contribution < 1.29 is 0 Å². The molecule has 9 aromatic rings. The Hall–Kier alpha value is -5.42. The van der Waals surface area contributed by atoms with Gasteiger partial charge in [-0.2, -0.15) is 0 Å². The minimum Gasteiger partial charge on any atom is -0.228 e. The topological polar surface area (TPSA) is 25.8 Å². The van der Waals surface area contributed by atoms with Crippen LogP contribution in [0.4, 0.5) is 0 Å². The molecule has 0 atom stereocenters. The van der Waals surface area contributed by atoms with Crippen molar-refractivity contribution in [3.05, 3.63) is 158 Å². The van der Waals surface area contributed by atoms with Crippen molar-refractivity contribution in [3.63, 3.8) is 0 Å². The van der Waals surface area contributed by atoms with E-state index in [-0.39, 0.29) is 0 Å². The molecule has 0 amide bonds. The Labute approximate surface area is 274 Å². The minimum absolute atomic E-state index is 0.725. The van der Waals surface area contributed by atoms with Gasteiger partial charge in [0.25, 0.3) is 0 Å². The van der Waals surface area contributed by atoms with Gasteiger partial charge in [0, 0.05) is 46.4 Å². The SMILES string of the molecule is c1ccc(-c2ccccc2-c2cc(-c3ccc(-c4cc5ccccc5s4)cc3)nc(-c3ccc4c(c3)sc3ccccc34)n2)cc1. The third-order valence-corrected chi connectivity index (χ3v) is 10.8. The minimum atomic E-state index is 0.725. The predicted octanol–water partition coefficient (Wildman–Crippen LogP) is 12.4. The van der Waals surface area contributed by atoms with Gasteiger partial charge in [-0.1, -0.05) is 127 Å². The first-order valence-electron chi connectivity index (χ1n) is 15.3. The summed E-state index contributed by atoms with van der Waals surface area (Å²) in [5.41, 5.74) is 8.51. The summed E-state index contributed by atoms with van der Waals surface area (Å²) in [5.74, 6) is 0.725. The lowest BCUT2D eigenvalue weighted by Gasteiger charge is -2.13. The second kappa shape index (κ2) is 11.2. The van der Waals surface area contributed by atoms with Crippen molar-refractivity contribution in [1.29, 1.82) is 0 Å². The Morgan fingerprint density at radius 3 is 1.87 bits per heavy atom. The quantitative estimate of drug-likeness (QED) is 0.191. The van der Waals surface area contributed by atoms with E-state index in [2.05, 4.69) is 158 Å². The van der Waals surface area contributed by atoms with Gasteiger partial charge in [-0.25, -0.2) is 9.97 Å². The van der Waals surface area contributed by atoms with E-state index in [0.29, 0.717) is 0 Å². The van der Waals surface area contributed by atoms with Crippen LogP contribution in [0.1, 0.15) is 0 Å². The number of aromatic nitrogens is 2. The van der Waals surface area contributed by atoms with E-state index >= 15 is 0 Å². The molecule has 0 unspecified atom stereocenters. The summed E-state index contributed by atoms with van der Waals surface area (Å²) in [4.78, 5) is 11.7. The summed E-state index contributed by atoms with van der Waals surface area (Å²) >= 11 is 3.65. The van der Waals surface area contributed by atoms with Gasteiger partial charge < -0.3 is 0 Å². The van der Waals surface area contributed by atoms with Gasteiger partial charge in [0.1, 0.15) is 0 Å². The van der Waals surface area contributed by atoms with Crippen LogP contribution in [0, 0.1) is 0 Å². The number of hydrogen-bond donors (Lipinski definition) is 0. The van der Waals surface area contributed by atoms with E-state index in [9.17, 15) is 0 Å². The van der Waals surface area contributed by atoms with Crippen LogP contribution in [0.5, 0.6) is 0 Å². The summed E-state index contributed by atoms with van der Waals surface area (Å²) in [5, 5.41) is 3.84. The predicted molar refractivity (Wildman–Crippen MR) is 197 cm³/mol. The van der Waals surface area contributed by atoms with Gasteiger partial charge in [-0.3, -0.25) is 0 Å². The van der Waals surface area contributed by atoms with Crippen LogP contribution in [0.25, 0.3) is 85.7 Å². The number of fused-ring (bicyclic) bond motifs is 4. The summed E-state index contributed by atoms with van der Waals surface area (Å²) in [6.45, 7) is 0. The van der Waals surface area contributed by atoms with Crippen molar-refractivity contribution in [2.75, 3.05) is 0 Å². The molecule has 0 bridgehead atoms. The summed E-state index contributed by atoms with van der Waals surface area (Å²) < 4.78 is 3.84. The maximum Gasteiger partial charge on any atom is 0.160 e. The number of thiophene rings is 2. The smallest absolute Gasteiger partial charge is 0.160 e. The van der Waals surface area contributed by atoms with Gasteiger partial charge in [-0.15, -0.1) is 22.7 Å². The molecule has 0 saturated heterocycles. The average molecular weight is 623 g/mol. The highest BCUT2D eigenvalue weighted by Gasteiger charge is 2.16. The Morgan fingerprint density at radius 2 is 1.02 bits per heavy atom. The lowest BCUT2D eigenvalue weighted by atomic mass is 9.96. The fourth-order valence-electron chi connectivity index (χ4n) is 6.23. The molecule has 3 aromatic heterocycles. The van der Waals surface area contributed by atoms with Crippen molar-refractivity contribution in [3.8, 4) is 55.5 Å². The molecule has 0 radical (unpaired) electrons. The number of nitrogens with zero attached hydrogens (tertiary/aromatic N) is 2. The Balaban J connectivity index is 1.20. The summed E-state index contributed by atoms with van der Waals surface area (Å²) in [6.07, 6.45) is 0. The zero-order valence-corrected chi connectivity index (χ0v) is 26.4. The number of hydrogen-bond acceptors (Lipinski definition) is 4. The molecular weight excluding hydrogens is 597 g/mol. The van der Waals surface area contributed by atoms with Crippen LogP contribution in [0.3, 0.4) is 0 Å². The fraction of sp³-hybridized carbons (Fsp3) is 0. The average Bonchev–Trinajstić information content (AvgIpc) is 3.73. The molecule has 9 rings (SSSR count). The lowest BCUT2D eigenvalue weighted by molar-refractivity contribution is 1.18. The van der Waals surface area contributed by atoms with Crippen molar-refractivity contribution in [1.82, 2.24) is 9.97 Å². The molecule has 4 heteroatoms. The Kier molecular flexibility index (Phi) is 6.55. The van der Waals surface area contributed by atoms with Crippen molar-refractivity contribution in [2.45, 2.75) is 0 Å². The summed E-state index contributed by atoms with van der Waals surface area (Å²) in [7, 11) is 0. The van der Waals surface area contributed by atoms with Crippen LogP contribution >= 0.6 is 22.7 Å². The molecule has 46 heavy (non-hydrogen) atoms. The van der Waals surface area contributed by atoms with E-state index < -0.39 is 0 Å². The van der Waals surface area contributed by atoms with E-state index in [1.165, 1.54) is 46.3 Å².